The van der Waals surface area contributed by atoms with Crippen molar-refractivity contribution in [3.63, 3.8) is 0 Å². The van der Waals surface area contributed by atoms with Crippen LogP contribution in [0.3, 0.4) is 0 Å². The van der Waals surface area contributed by atoms with Crippen molar-refractivity contribution in [2.45, 2.75) is 0 Å². The molecule has 10 nitrogen and oxygen atoms in total. The number of rotatable bonds is 5. The number of nitrogens with one attached hydrogen (secondary N) is 1. The smallest absolute Gasteiger partial charge is 0.324 e. The van der Waals surface area contributed by atoms with Gasteiger partial charge < -0.3 is 5.11 Å². The summed E-state index contributed by atoms with van der Waals surface area (Å²) in [5.74, 6) is -1.34. The lowest BCUT2D eigenvalue weighted by molar-refractivity contribution is -0.385. The van der Waals surface area contributed by atoms with E-state index in [1.807, 2.05) is 0 Å². The van der Waals surface area contributed by atoms with E-state index >= 15 is 0 Å². The number of hydrazone groups is 1. The lowest BCUT2D eigenvalue weighted by Gasteiger charge is -2.01. The SMILES string of the molecule is O=C(N/N=C/c1ccc([N+](=O)[O-])s1)c1ccc([N+](=O)[O-])c(O)c1. The second-order valence-corrected chi connectivity index (χ2v) is 5.19. The molecule has 1 aromatic carbocycles. The number of benzene rings is 1. The normalized spacial score (nSPS) is 10.6. The molecule has 0 fully saturated rings. The number of thiophene rings is 1. The van der Waals surface area contributed by atoms with Gasteiger partial charge in [0.15, 0.2) is 5.75 Å². The lowest BCUT2D eigenvalue weighted by Crippen LogP contribution is -2.17. The van der Waals surface area contributed by atoms with E-state index in [4.69, 9.17) is 0 Å². The van der Waals surface area contributed by atoms with Gasteiger partial charge in [-0.25, -0.2) is 5.43 Å². The van der Waals surface area contributed by atoms with Crippen molar-refractivity contribution < 1.29 is 19.7 Å². The number of aromatic hydroxyl groups is 1. The molecule has 23 heavy (non-hydrogen) atoms. The van der Waals surface area contributed by atoms with Crippen molar-refractivity contribution in [2.24, 2.45) is 5.10 Å². The first-order chi connectivity index (χ1) is 10.9. The van der Waals surface area contributed by atoms with Gasteiger partial charge in [-0.15, -0.1) is 0 Å². The fourth-order valence-electron chi connectivity index (χ4n) is 1.55. The summed E-state index contributed by atoms with van der Waals surface area (Å²) in [7, 11) is 0. The quantitative estimate of drug-likeness (QED) is 0.485. The molecule has 0 aliphatic rings. The third-order valence-electron chi connectivity index (χ3n) is 2.58. The van der Waals surface area contributed by atoms with Crippen LogP contribution in [0.1, 0.15) is 15.2 Å². The Morgan fingerprint density at radius 3 is 2.52 bits per heavy atom. The zero-order chi connectivity index (χ0) is 17.0. The van der Waals surface area contributed by atoms with Crippen molar-refractivity contribution in [3.8, 4) is 5.75 Å². The highest BCUT2D eigenvalue weighted by Gasteiger charge is 2.15. The van der Waals surface area contributed by atoms with Crippen LogP contribution in [0.2, 0.25) is 0 Å². The van der Waals surface area contributed by atoms with Gasteiger partial charge in [-0.3, -0.25) is 25.0 Å². The fourth-order valence-corrected chi connectivity index (χ4v) is 2.24. The molecular formula is C12H8N4O6S. The maximum atomic E-state index is 11.8. The summed E-state index contributed by atoms with van der Waals surface area (Å²) in [6.45, 7) is 0. The number of hydrogen-bond acceptors (Lipinski definition) is 8. The van der Waals surface area contributed by atoms with Gasteiger partial charge in [0.1, 0.15) is 0 Å². The number of carbonyl (C=O) groups is 1. The molecule has 0 radical (unpaired) electrons. The average Bonchev–Trinajstić information content (AvgIpc) is 2.95. The first-order valence-electron chi connectivity index (χ1n) is 5.93. The maximum Gasteiger partial charge on any atom is 0.324 e. The predicted octanol–water partition coefficient (Wildman–Crippen LogP) is 2.03. The number of phenolic OH excluding ortho intramolecular Hbond substituents is 1. The topological polar surface area (TPSA) is 148 Å². The summed E-state index contributed by atoms with van der Waals surface area (Å²) >= 11 is 0.881. The number of carbonyl (C=O) groups excluding carboxylic acids is 1. The molecule has 2 N–H and O–H groups in total. The molecule has 0 spiro atoms. The molecule has 0 aliphatic heterocycles. The van der Waals surface area contributed by atoms with Crippen LogP contribution < -0.4 is 5.43 Å². The molecule has 2 rings (SSSR count). The number of phenols is 1. The molecule has 1 aromatic heterocycles. The van der Waals surface area contributed by atoms with Gasteiger partial charge >= 0.3 is 10.7 Å². The number of nitrogens with zero attached hydrogens (tertiary/aromatic N) is 3. The van der Waals surface area contributed by atoms with Crippen LogP contribution in [0, 0.1) is 20.2 Å². The third-order valence-corrected chi connectivity index (χ3v) is 3.56. The van der Waals surface area contributed by atoms with Gasteiger partial charge in [0, 0.05) is 17.7 Å². The van der Waals surface area contributed by atoms with Crippen molar-refractivity contribution in [3.05, 3.63) is 61.0 Å². The second kappa shape index (κ2) is 6.62. The maximum absolute atomic E-state index is 11.8. The number of hydrogen-bond donors (Lipinski definition) is 2. The summed E-state index contributed by atoms with van der Waals surface area (Å²) in [4.78, 5) is 32.0. The van der Waals surface area contributed by atoms with E-state index in [9.17, 15) is 30.1 Å². The highest BCUT2D eigenvalue weighted by atomic mass is 32.1. The largest absolute Gasteiger partial charge is 0.502 e. The van der Waals surface area contributed by atoms with Gasteiger partial charge in [-0.05, 0) is 18.2 Å². The van der Waals surface area contributed by atoms with E-state index in [0.29, 0.717) is 4.88 Å². The van der Waals surface area contributed by atoms with E-state index in [2.05, 4.69) is 10.5 Å². The third kappa shape index (κ3) is 3.85. The van der Waals surface area contributed by atoms with Crippen LogP contribution in [0.15, 0.2) is 35.4 Å². The summed E-state index contributed by atoms with van der Waals surface area (Å²) in [5, 5.41) is 34.1. The van der Waals surface area contributed by atoms with E-state index < -0.39 is 27.2 Å². The highest BCUT2D eigenvalue weighted by Crippen LogP contribution is 2.26. The summed E-state index contributed by atoms with van der Waals surface area (Å²) in [6, 6.07) is 5.88. The number of nitro groups is 2. The Bertz CT molecular complexity index is 816. The van der Waals surface area contributed by atoms with Gasteiger partial charge in [0.05, 0.1) is 20.9 Å². The molecule has 0 atom stereocenters. The second-order valence-electron chi connectivity index (χ2n) is 4.09. The van der Waals surface area contributed by atoms with Gasteiger partial charge in [-0.2, -0.15) is 5.10 Å². The fraction of sp³-hybridized carbons (Fsp3) is 0. The molecule has 1 amide bonds. The highest BCUT2D eigenvalue weighted by molar-refractivity contribution is 7.16. The minimum absolute atomic E-state index is 0.0255. The zero-order valence-electron chi connectivity index (χ0n) is 11.2. The molecule has 2 aromatic rings. The van der Waals surface area contributed by atoms with Gasteiger partial charge in [0.2, 0.25) is 0 Å². The Labute approximate surface area is 132 Å². The molecule has 0 bridgehead atoms. The molecule has 0 unspecified atom stereocenters. The van der Waals surface area contributed by atoms with E-state index in [-0.39, 0.29) is 10.6 Å². The molecule has 11 heteroatoms. The molecule has 1 heterocycles. The summed E-state index contributed by atoms with van der Waals surface area (Å²) in [5.41, 5.74) is 1.60. The van der Waals surface area contributed by atoms with Crippen molar-refractivity contribution in [1.29, 1.82) is 0 Å². The van der Waals surface area contributed by atoms with Gasteiger partial charge in [0.25, 0.3) is 5.91 Å². The molecular weight excluding hydrogens is 328 g/mol. The lowest BCUT2D eigenvalue weighted by atomic mass is 10.2. The summed E-state index contributed by atoms with van der Waals surface area (Å²) in [6.07, 6.45) is 1.22. The van der Waals surface area contributed by atoms with Crippen LogP contribution in [0.25, 0.3) is 0 Å². The first-order valence-corrected chi connectivity index (χ1v) is 6.75. The molecule has 0 saturated carbocycles. The van der Waals surface area contributed by atoms with Crippen molar-refractivity contribution >= 4 is 34.1 Å². The van der Waals surface area contributed by atoms with Crippen LogP contribution in [-0.2, 0) is 0 Å². The molecule has 0 aliphatic carbocycles. The monoisotopic (exact) mass is 336 g/mol. The minimum atomic E-state index is -0.779. The van der Waals surface area contributed by atoms with Crippen LogP contribution >= 0.6 is 11.3 Å². The Balaban J connectivity index is 2.04. The van der Waals surface area contributed by atoms with E-state index in [1.54, 1.807) is 0 Å². The Hall–Kier alpha value is -3.34. The molecule has 0 saturated heterocycles. The van der Waals surface area contributed by atoms with Crippen LogP contribution in [0.5, 0.6) is 5.75 Å². The molecule has 118 valence electrons. The van der Waals surface area contributed by atoms with Crippen molar-refractivity contribution in [2.75, 3.05) is 0 Å². The zero-order valence-corrected chi connectivity index (χ0v) is 12.0. The van der Waals surface area contributed by atoms with Crippen LogP contribution in [0.4, 0.5) is 10.7 Å². The number of amides is 1. The standard InChI is InChI=1S/C12H8N4O6S/c17-10-5-7(1-3-9(10)15(19)20)12(18)14-13-6-8-2-4-11(23-8)16(21)22/h1-6,17H,(H,14,18)/b13-6+. The average molecular weight is 336 g/mol. The Morgan fingerprint density at radius 2 is 1.96 bits per heavy atom. The van der Waals surface area contributed by atoms with Gasteiger partial charge in [-0.1, -0.05) is 11.3 Å². The van der Waals surface area contributed by atoms with E-state index in [0.717, 1.165) is 23.5 Å². The Morgan fingerprint density at radius 1 is 1.22 bits per heavy atom. The number of nitro benzene ring substituents is 1. The first kappa shape index (κ1) is 16.0. The minimum Gasteiger partial charge on any atom is -0.502 e. The van der Waals surface area contributed by atoms with Crippen molar-refractivity contribution in [1.82, 2.24) is 5.43 Å². The Kier molecular flexibility index (Phi) is 4.61. The van der Waals surface area contributed by atoms with Crippen LogP contribution in [-0.4, -0.2) is 27.1 Å². The van der Waals surface area contributed by atoms with E-state index in [1.165, 1.54) is 24.4 Å². The predicted molar refractivity (Wildman–Crippen MR) is 80.8 cm³/mol. The summed E-state index contributed by atoms with van der Waals surface area (Å²) < 4.78 is 0.